The molecule has 4 rings (SSSR count). The van der Waals surface area contributed by atoms with Crippen LogP contribution >= 0.6 is 0 Å². The zero-order valence-electron chi connectivity index (χ0n) is 13.6. The normalized spacial score (nSPS) is 21.6. The van der Waals surface area contributed by atoms with Gasteiger partial charge in [-0.25, -0.2) is 0 Å². The molecule has 0 radical (unpaired) electrons. The molecule has 2 fully saturated rings. The maximum absolute atomic E-state index is 12.0. The summed E-state index contributed by atoms with van der Waals surface area (Å²) in [5.41, 5.74) is 1.98. The number of aromatic nitrogens is 2. The van der Waals surface area contributed by atoms with E-state index < -0.39 is 0 Å². The van der Waals surface area contributed by atoms with Gasteiger partial charge in [-0.15, -0.1) is 0 Å². The highest BCUT2D eigenvalue weighted by molar-refractivity contribution is 5.91. The predicted molar refractivity (Wildman–Crippen MR) is 88.5 cm³/mol. The fraction of sp³-hybridized carbons (Fsp3) is 0.500. The van der Waals surface area contributed by atoms with Gasteiger partial charge in [0.05, 0.1) is 11.4 Å². The second-order valence-electron chi connectivity index (χ2n) is 6.76. The zero-order chi connectivity index (χ0) is 16.4. The minimum absolute atomic E-state index is 0.141. The molecule has 6 nitrogen and oxygen atoms in total. The van der Waals surface area contributed by atoms with Crippen molar-refractivity contribution in [2.24, 2.45) is 0 Å². The summed E-state index contributed by atoms with van der Waals surface area (Å²) >= 11 is 0. The van der Waals surface area contributed by atoms with E-state index in [9.17, 15) is 4.79 Å². The lowest BCUT2D eigenvalue weighted by molar-refractivity contribution is 0.0914. The number of piperidine rings is 1. The van der Waals surface area contributed by atoms with E-state index in [2.05, 4.69) is 26.4 Å². The van der Waals surface area contributed by atoms with Crippen LogP contribution in [0.2, 0.25) is 0 Å². The van der Waals surface area contributed by atoms with Gasteiger partial charge in [-0.05, 0) is 44.4 Å². The first-order chi connectivity index (χ1) is 11.8. The van der Waals surface area contributed by atoms with Crippen molar-refractivity contribution in [2.45, 2.75) is 44.2 Å². The molecule has 2 aromatic heterocycles. The Hall–Kier alpha value is -2.21. The second kappa shape index (κ2) is 6.73. The number of likely N-dealkylation sites (tertiary alicyclic amines) is 1. The molecular weight excluding hydrogens is 304 g/mol. The molecule has 1 saturated heterocycles. The van der Waals surface area contributed by atoms with E-state index in [1.807, 2.05) is 24.4 Å². The fourth-order valence-electron chi connectivity index (χ4n) is 3.23. The summed E-state index contributed by atoms with van der Waals surface area (Å²) in [6, 6.07) is 8.15. The van der Waals surface area contributed by atoms with Crippen molar-refractivity contribution in [2.75, 3.05) is 13.1 Å². The molecule has 1 aliphatic carbocycles. The third kappa shape index (κ3) is 3.64. The molecule has 1 N–H and O–H groups in total. The van der Waals surface area contributed by atoms with Crippen LogP contribution in [0.1, 0.15) is 53.5 Å². The van der Waals surface area contributed by atoms with Crippen LogP contribution in [-0.4, -0.2) is 40.1 Å². The monoisotopic (exact) mass is 326 g/mol. The zero-order valence-corrected chi connectivity index (χ0v) is 13.6. The van der Waals surface area contributed by atoms with E-state index in [1.54, 1.807) is 0 Å². The summed E-state index contributed by atoms with van der Waals surface area (Å²) in [4.78, 5) is 18.8. The van der Waals surface area contributed by atoms with E-state index in [4.69, 9.17) is 4.52 Å². The molecule has 2 aliphatic rings. The predicted octanol–water partition coefficient (Wildman–Crippen LogP) is 2.34. The van der Waals surface area contributed by atoms with E-state index in [1.165, 1.54) is 0 Å². The van der Waals surface area contributed by atoms with Crippen molar-refractivity contribution in [3.05, 3.63) is 47.6 Å². The Bertz CT molecular complexity index is 696. The molecule has 3 heterocycles. The molecule has 0 aromatic carbocycles. The molecule has 24 heavy (non-hydrogen) atoms. The molecule has 1 atom stereocenters. The number of rotatable bonds is 5. The molecular formula is C18H22N4O2. The summed E-state index contributed by atoms with van der Waals surface area (Å²) in [6.45, 7) is 2.84. The molecule has 1 saturated carbocycles. The third-order valence-corrected chi connectivity index (χ3v) is 4.70. The number of carbonyl (C=O) groups excluding carboxylic acids is 1. The van der Waals surface area contributed by atoms with Crippen molar-refractivity contribution in [1.29, 1.82) is 0 Å². The van der Waals surface area contributed by atoms with Gasteiger partial charge < -0.3 is 9.84 Å². The lowest BCUT2D eigenvalue weighted by Gasteiger charge is -2.31. The van der Waals surface area contributed by atoms with Gasteiger partial charge in [0.15, 0.2) is 0 Å². The van der Waals surface area contributed by atoms with Gasteiger partial charge >= 0.3 is 0 Å². The molecule has 2 aromatic rings. The number of amides is 1. The third-order valence-electron chi connectivity index (χ3n) is 4.70. The number of nitrogens with one attached hydrogen (secondary N) is 1. The first-order valence-electron chi connectivity index (χ1n) is 8.67. The van der Waals surface area contributed by atoms with Crippen molar-refractivity contribution in [3.8, 4) is 0 Å². The summed E-state index contributed by atoms with van der Waals surface area (Å²) < 4.78 is 5.27. The van der Waals surface area contributed by atoms with Crippen LogP contribution in [0, 0.1) is 0 Å². The van der Waals surface area contributed by atoms with Crippen LogP contribution in [0.15, 0.2) is 35.0 Å². The van der Waals surface area contributed by atoms with Crippen LogP contribution in [-0.2, 0) is 6.54 Å². The minimum atomic E-state index is -0.141. The highest BCUT2D eigenvalue weighted by Gasteiger charge is 2.28. The standard InChI is InChI=1S/C18H22N4O2/c23-18(20-14-6-7-14)17-10-16(21-24-17)13-4-3-9-22(11-13)12-15-5-1-2-8-19-15/h1-2,5,8,10,13-14H,3-4,6-7,9,11-12H2,(H,20,23)/t13-/m1/s1. The van der Waals surface area contributed by atoms with Gasteiger partial charge in [-0.2, -0.15) is 0 Å². The van der Waals surface area contributed by atoms with E-state index in [0.717, 1.165) is 56.7 Å². The Morgan fingerprint density at radius 2 is 2.25 bits per heavy atom. The van der Waals surface area contributed by atoms with Gasteiger partial charge in [0, 0.05) is 37.3 Å². The second-order valence-corrected chi connectivity index (χ2v) is 6.76. The minimum Gasteiger partial charge on any atom is -0.351 e. The van der Waals surface area contributed by atoms with Crippen LogP contribution in [0.4, 0.5) is 0 Å². The largest absolute Gasteiger partial charge is 0.351 e. The maximum Gasteiger partial charge on any atom is 0.290 e. The highest BCUT2D eigenvalue weighted by atomic mass is 16.5. The molecule has 0 unspecified atom stereocenters. The molecule has 0 bridgehead atoms. The van der Waals surface area contributed by atoms with Gasteiger partial charge in [0.2, 0.25) is 5.76 Å². The quantitative estimate of drug-likeness (QED) is 0.913. The number of hydrogen-bond donors (Lipinski definition) is 1. The first kappa shape index (κ1) is 15.3. The van der Waals surface area contributed by atoms with E-state index in [0.29, 0.717) is 17.7 Å². The van der Waals surface area contributed by atoms with Crippen LogP contribution < -0.4 is 5.32 Å². The molecule has 1 aliphatic heterocycles. The van der Waals surface area contributed by atoms with Gasteiger partial charge in [-0.1, -0.05) is 11.2 Å². The fourth-order valence-corrected chi connectivity index (χ4v) is 3.23. The first-order valence-corrected chi connectivity index (χ1v) is 8.67. The lowest BCUT2D eigenvalue weighted by Crippen LogP contribution is -2.34. The molecule has 1 amide bonds. The topological polar surface area (TPSA) is 71.3 Å². The van der Waals surface area contributed by atoms with Crippen LogP contribution in [0.3, 0.4) is 0 Å². The average molecular weight is 326 g/mol. The van der Waals surface area contributed by atoms with Crippen LogP contribution in [0.25, 0.3) is 0 Å². The maximum atomic E-state index is 12.0. The lowest BCUT2D eigenvalue weighted by atomic mass is 9.94. The molecule has 126 valence electrons. The Morgan fingerprint density at radius 1 is 1.33 bits per heavy atom. The average Bonchev–Trinajstić information content (AvgIpc) is 3.27. The molecule has 6 heteroatoms. The summed E-state index contributed by atoms with van der Waals surface area (Å²) in [6.07, 6.45) is 6.16. The van der Waals surface area contributed by atoms with Gasteiger partial charge in [-0.3, -0.25) is 14.7 Å². The van der Waals surface area contributed by atoms with Crippen molar-refractivity contribution >= 4 is 5.91 Å². The number of nitrogens with zero attached hydrogens (tertiary/aromatic N) is 3. The number of pyridine rings is 1. The van der Waals surface area contributed by atoms with E-state index in [-0.39, 0.29) is 5.91 Å². The van der Waals surface area contributed by atoms with E-state index >= 15 is 0 Å². The summed E-state index contributed by atoms with van der Waals surface area (Å²) in [5.74, 6) is 0.504. The van der Waals surface area contributed by atoms with Crippen LogP contribution in [0.5, 0.6) is 0 Å². The molecule has 0 spiro atoms. The van der Waals surface area contributed by atoms with Crippen molar-refractivity contribution in [3.63, 3.8) is 0 Å². The summed E-state index contributed by atoms with van der Waals surface area (Å²) in [5, 5.41) is 7.09. The van der Waals surface area contributed by atoms with Gasteiger partial charge in [0.1, 0.15) is 0 Å². The Balaban J connectivity index is 1.38. The SMILES string of the molecule is O=C(NC1CC1)c1cc([C@@H]2CCCN(Cc3ccccn3)C2)no1. The Morgan fingerprint density at radius 3 is 3.04 bits per heavy atom. The Kier molecular flexibility index (Phi) is 4.30. The Labute approximate surface area is 141 Å². The highest BCUT2D eigenvalue weighted by Crippen LogP contribution is 2.27. The number of carbonyl (C=O) groups is 1. The summed E-state index contributed by atoms with van der Waals surface area (Å²) in [7, 11) is 0. The number of hydrogen-bond acceptors (Lipinski definition) is 5. The smallest absolute Gasteiger partial charge is 0.290 e. The van der Waals surface area contributed by atoms with Crippen molar-refractivity contribution < 1.29 is 9.32 Å². The van der Waals surface area contributed by atoms with Crippen molar-refractivity contribution in [1.82, 2.24) is 20.4 Å². The van der Waals surface area contributed by atoms with Gasteiger partial charge in [0.25, 0.3) is 5.91 Å².